The summed E-state index contributed by atoms with van der Waals surface area (Å²) in [6, 6.07) is 4.99. The normalized spacial score (nSPS) is 11.7. The van der Waals surface area contributed by atoms with Crippen LogP contribution in [0.5, 0.6) is 0 Å². The number of hydrogen-bond acceptors (Lipinski definition) is 4. The van der Waals surface area contributed by atoms with E-state index in [-0.39, 0.29) is 15.9 Å². The molecule has 8 heteroatoms. The largest absolute Gasteiger partial charge is 0.360 e. The monoisotopic (exact) mass is 348 g/mol. The van der Waals surface area contributed by atoms with Crippen LogP contribution < -0.4 is 4.72 Å². The highest BCUT2D eigenvalue weighted by atomic mass is 79.9. The van der Waals surface area contributed by atoms with Crippen molar-refractivity contribution in [3.8, 4) is 0 Å². The van der Waals surface area contributed by atoms with Gasteiger partial charge in [-0.1, -0.05) is 5.16 Å². The fourth-order valence-corrected chi connectivity index (χ4v) is 3.48. The second-order valence-corrected chi connectivity index (χ2v) is 6.42. The smallest absolute Gasteiger partial charge is 0.242 e. The van der Waals surface area contributed by atoms with Crippen molar-refractivity contribution in [1.29, 1.82) is 0 Å². The predicted molar refractivity (Wildman–Crippen MR) is 69.4 cm³/mol. The number of hydrogen-bond donors (Lipinski definition) is 1. The molecule has 19 heavy (non-hydrogen) atoms. The Kier molecular flexibility index (Phi) is 4.02. The number of nitrogens with zero attached hydrogens (tertiary/aromatic N) is 1. The van der Waals surface area contributed by atoms with Crippen molar-refractivity contribution < 1.29 is 17.3 Å². The second-order valence-electron chi connectivity index (χ2n) is 3.83. The molecular formula is C11H10BrFN2O3S. The van der Waals surface area contributed by atoms with Crippen molar-refractivity contribution in [2.24, 2.45) is 0 Å². The number of rotatable bonds is 4. The van der Waals surface area contributed by atoms with Gasteiger partial charge in [0.15, 0.2) is 5.76 Å². The van der Waals surface area contributed by atoms with Gasteiger partial charge in [-0.25, -0.2) is 17.5 Å². The quantitative estimate of drug-likeness (QED) is 0.920. The zero-order valence-corrected chi connectivity index (χ0v) is 12.3. The fraction of sp³-hybridized carbons (Fsp3) is 0.182. The molecule has 5 nitrogen and oxygen atoms in total. The molecule has 0 atom stereocenters. The molecule has 1 N–H and O–H groups in total. The topological polar surface area (TPSA) is 72.2 Å². The first kappa shape index (κ1) is 14.2. The first-order valence-electron chi connectivity index (χ1n) is 5.25. The molecule has 0 radical (unpaired) electrons. The zero-order valence-electron chi connectivity index (χ0n) is 9.85. The molecule has 0 unspecified atom stereocenters. The van der Waals surface area contributed by atoms with Crippen molar-refractivity contribution >= 4 is 26.0 Å². The Labute approximate surface area is 118 Å². The van der Waals surface area contributed by atoms with Crippen LogP contribution in [-0.4, -0.2) is 13.6 Å². The van der Waals surface area contributed by atoms with E-state index in [9.17, 15) is 12.8 Å². The molecule has 0 spiro atoms. The first-order valence-corrected chi connectivity index (χ1v) is 7.53. The van der Waals surface area contributed by atoms with E-state index in [1.54, 1.807) is 13.0 Å². The highest BCUT2D eigenvalue weighted by Crippen LogP contribution is 2.22. The number of aromatic nitrogens is 1. The molecule has 0 aliphatic rings. The second kappa shape index (κ2) is 5.40. The number of benzene rings is 1. The third-order valence-electron chi connectivity index (χ3n) is 2.30. The molecule has 0 saturated carbocycles. The minimum absolute atomic E-state index is 0.0208. The van der Waals surface area contributed by atoms with E-state index in [1.807, 2.05) is 0 Å². The Morgan fingerprint density at radius 2 is 2.16 bits per heavy atom. The Balaban J connectivity index is 2.18. The number of sulfonamides is 1. The van der Waals surface area contributed by atoms with Crippen LogP contribution in [-0.2, 0) is 16.6 Å². The molecule has 1 aromatic heterocycles. The van der Waals surface area contributed by atoms with Crippen LogP contribution in [0.15, 0.2) is 38.2 Å². The van der Waals surface area contributed by atoms with Gasteiger partial charge in [0, 0.05) is 10.5 Å². The molecule has 1 heterocycles. The van der Waals surface area contributed by atoms with Crippen LogP contribution >= 0.6 is 15.9 Å². The third kappa shape index (κ3) is 3.40. The van der Waals surface area contributed by atoms with Crippen molar-refractivity contribution in [1.82, 2.24) is 9.88 Å². The van der Waals surface area contributed by atoms with Gasteiger partial charge in [-0.05, 0) is 41.1 Å². The van der Waals surface area contributed by atoms with Gasteiger partial charge in [0.25, 0.3) is 0 Å². The molecule has 0 amide bonds. The maximum atomic E-state index is 12.9. The predicted octanol–water partition coefficient (Wildman–Crippen LogP) is 2.36. The van der Waals surface area contributed by atoms with Gasteiger partial charge in [-0.15, -0.1) is 0 Å². The molecular weight excluding hydrogens is 339 g/mol. The Morgan fingerprint density at radius 1 is 1.42 bits per heavy atom. The van der Waals surface area contributed by atoms with Crippen LogP contribution in [0.4, 0.5) is 4.39 Å². The van der Waals surface area contributed by atoms with Crippen LogP contribution in [0.2, 0.25) is 0 Å². The first-order chi connectivity index (χ1) is 8.88. The van der Waals surface area contributed by atoms with Crippen LogP contribution in [0.3, 0.4) is 0 Å². The van der Waals surface area contributed by atoms with E-state index in [0.29, 0.717) is 11.5 Å². The minimum atomic E-state index is -3.75. The van der Waals surface area contributed by atoms with Crippen molar-refractivity contribution in [3.05, 3.63) is 46.0 Å². The lowest BCUT2D eigenvalue weighted by Crippen LogP contribution is -2.23. The Morgan fingerprint density at radius 3 is 2.74 bits per heavy atom. The summed E-state index contributed by atoms with van der Waals surface area (Å²) in [4.78, 5) is -0.0369. The van der Waals surface area contributed by atoms with E-state index < -0.39 is 15.8 Å². The lowest BCUT2D eigenvalue weighted by molar-refractivity contribution is 0.377. The standard InChI is InChI=1S/C11H10BrFN2O3S/c1-7-4-9(18-15-7)6-14-19(16,17)11-3-2-8(13)5-10(11)12/h2-5,14H,6H2,1H3. The zero-order chi connectivity index (χ0) is 14.0. The van der Waals surface area contributed by atoms with Crippen molar-refractivity contribution in [3.63, 3.8) is 0 Å². The lowest BCUT2D eigenvalue weighted by atomic mass is 10.3. The van der Waals surface area contributed by atoms with Gasteiger partial charge in [0.1, 0.15) is 5.82 Å². The molecule has 1 aromatic carbocycles. The van der Waals surface area contributed by atoms with E-state index in [2.05, 4.69) is 25.8 Å². The number of aryl methyl sites for hydroxylation is 1. The maximum Gasteiger partial charge on any atom is 0.242 e. The lowest BCUT2D eigenvalue weighted by Gasteiger charge is -2.07. The summed E-state index contributed by atoms with van der Waals surface area (Å²) < 4.78 is 44.4. The molecule has 0 fully saturated rings. The van der Waals surface area contributed by atoms with Crippen molar-refractivity contribution in [2.75, 3.05) is 0 Å². The summed E-state index contributed by atoms with van der Waals surface area (Å²) in [5.41, 5.74) is 0.664. The third-order valence-corrected chi connectivity index (χ3v) is 4.67. The van der Waals surface area contributed by atoms with Gasteiger partial charge in [0.05, 0.1) is 17.1 Å². The SMILES string of the molecule is Cc1cc(CNS(=O)(=O)c2ccc(F)cc2Br)on1. The molecule has 2 rings (SSSR count). The molecule has 102 valence electrons. The van der Waals surface area contributed by atoms with Crippen molar-refractivity contribution in [2.45, 2.75) is 18.4 Å². The van der Waals surface area contributed by atoms with E-state index in [4.69, 9.17) is 4.52 Å². The minimum Gasteiger partial charge on any atom is -0.360 e. The van der Waals surface area contributed by atoms with Gasteiger partial charge in [-0.2, -0.15) is 0 Å². The highest BCUT2D eigenvalue weighted by Gasteiger charge is 2.18. The van der Waals surface area contributed by atoms with Gasteiger partial charge in [0.2, 0.25) is 10.0 Å². The Bertz CT molecular complexity index is 700. The molecule has 0 aliphatic carbocycles. The number of nitrogens with one attached hydrogen (secondary N) is 1. The van der Waals surface area contributed by atoms with E-state index in [0.717, 1.165) is 12.1 Å². The molecule has 2 aromatic rings. The summed E-state index contributed by atoms with van der Waals surface area (Å²) in [5, 5.41) is 3.65. The summed E-state index contributed by atoms with van der Waals surface area (Å²) in [6.45, 7) is 1.71. The Hall–Kier alpha value is -1.25. The van der Waals surface area contributed by atoms with E-state index >= 15 is 0 Å². The summed E-state index contributed by atoms with van der Waals surface area (Å²) in [6.07, 6.45) is 0. The fourth-order valence-electron chi connectivity index (χ4n) is 1.44. The van der Waals surface area contributed by atoms with Gasteiger partial charge < -0.3 is 4.52 Å². The molecule has 0 bridgehead atoms. The average Bonchev–Trinajstić information content (AvgIpc) is 2.72. The maximum absolute atomic E-state index is 12.9. The molecule has 0 saturated heterocycles. The van der Waals surface area contributed by atoms with Crippen LogP contribution in [0.1, 0.15) is 11.5 Å². The summed E-state index contributed by atoms with van der Waals surface area (Å²) in [7, 11) is -3.75. The van der Waals surface area contributed by atoms with Crippen LogP contribution in [0.25, 0.3) is 0 Å². The highest BCUT2D eigenvalue weighted by molar-refractivity contribution is 9.10. The van der Waals surface area contributed by atoms with Gasteiger partial charge >= 0.3 is 0 Å². The van der Waals surface area contributed by atoms with Gasteiger partial charge in [-0.3, -0.25) is 0 Å². The molecule has 0 aliphatic heterocycles. The average molecular weight is 349 g/mol. The summed E-state index contributed by atoms with van der Waals surface area (Å²) in [5.74, 6) is -0.115. The number of halogens is 2. The van der Waals surface area contributed by atoms with Crippen LogP contribution in [0, 0.1) is 12.7 Å². The summed E-state index contributed by atoms with van der Waals surface area (Å²) >= 11 is 3.02. The van der Waals surface area contributed by atoms with E-state index in [1.165, 1.54) is 6.07 Å².